The molecule has 0 fully saturated rings. The van der Waals surface area contributed by atoms with E-state index in [1.54, 1.807) is 0 Å². The van der Waals surface area contributed by atoms with Crippen LogP contribution in [0.25, 0.3) is 0 Å². The van der Waals surface area contributed by atoms with E-state index in [1.807, 2.05) is 21.1 Å². The minimum Gasteiger partial charge on any atom is -0.748 e. The number of amides is 1. The van der Waals surface area contributed by atoms with Crippen molar-refractivity contribution in [2.75, 3.05) is 40.0 Å². The average Bonchev–Trinajstić information content (AvgIpc) is 1.96. The lowest BCUT2D eigenvalue weighted by Crippen LogP contribution is -2.43. The van der Waals surface area contributed by atoms with Gasteiger partial charge in [0.05, 0.1) is 43.4 Å². The van der Waals surface area contributed by atoms with Crippen LogP contribution in [0, 0.1) is 0 Å². The zero-order valence-corrected chi connectivity index (χ0v) is 11.2. The number of hydrogen-bond acceptors (Lipinski definition) is 5. The van der Waals surface area contributed by atoms with Crippen molar-refractivity contribution in [3.05, 3.63) is 0 Å². The number of carbonyl (C=O) groups excluding carboxylic acids is 1. The van der Waals surface area contributed by atoms with Gasteiger partial charge >= 0.3 is 0 Å². The zero-order valence-electron chi connectivity index (χ0n) is 10.3. The van der Waals surface area contributed by atoms with Crippen molar-refractivity contribution in [3.8, 4) is 0 Å². The van der Waals surface area contributed by atoms with Gasteiger partial charge in [-0.25, -0.2) is 8.42 Å². The SMILES string of the molecule is C[N+](C)(C)C[C@H](O)CC(=O)NCCS(=O)(=O)[O-]. The fourth-order valence-electron chi connectivity index (χ4n) is 1.30. The van der Waals surface area contributed by atoms with Crippen LogP contribution in [-0.2, 0) is 14.9 Å². The third-order valence-electron chi connectivity index (χ3n) is 1.85. The van der Waals surface area contributed by atoms with Crippen molar-refractivity contribution in [3.63, 3.8) is 0 Å². The summed E-state index contributed by atoms with van der Waals surface area (Å²) in [6.45, 7) is 0.190. The van der Waals surface area contributed by atoms with Crippen molar-refractivity contribution < 1.29 is 27.4 Å². The van der Waals surface area contributed by atoms with Gasteiger partial charge in [0, 0.05) is 6.54 Å². The fraction of sp³-hybridized carbons (Fsp3) is 0.889. The number of likely N-dealkylation sites (N-methyl/N-ethyl adjacent to an activating group) is 1. The molecular weight excluding hydrogens is 248 g/mol. The molecule has 0 aliphatic carbocycles. The van der Waals surface area contributed by atoms with Gasteiger partial charge in [0.2, 0.25) is 5.91 Å². The molecule has 0 saturated heterocycles. The summed E-state index contributed by atoms with van der Waals surface area (Å²) in [6.07, 6.45) is -0.895. The molecule has 0 rings (SSSR count). The number of quaternary nitrogens is 1. The van der Waals surface area contributed by atoms with E-state index < -0.39 is 27.9 Å². The third kappa shape index (κ3) is 11.6. The predicted octanol–water partition coefficient (Wildman–Crippen LogP) is -1.89. The van der Waals surface area contributed by atoms with Crippen LogP contribution < -0.4 is 5.32 Å². The summed E-state index contributed by atoms with van der Waals surface area (Å²) in [7, 11) is 1.33. The zero-order chi connectivity index (χ0) is 13.7. The predicted molar refractivity (Wildman–Crippen MR) is 61.1 cm³/mol. The van der Waals surface area contributed by atoms with Crippen molar-refractivity contribution in [1.29, 1.82) is 0 Å². The summed E-state index contributed by atoms with van der Waals surface area (Å²) < 4.78 is 31.3. The largest absolute Gasteiger partial charge is 0.748 e. The van der Waals surface area contributed by atoms with Crippen molar-refractivity contribution in [2.24, 2.45) is 0 Å². The van der Waals surface area contributed by atoms with Crippen LogP contribution >= 0.6 is 0 Å². The quantitative estimate of drug-likeness (QED) is 0.414. The lowest BCUT2D eigenvalue weighted by Gasteiger charge is -2.26. The van der Waals surface area contributed by atoms with Gasteiger partial charge in [-0.3, -0.25) is 4.79 Å². The van der Waals surface area contributed by atoms with Gasteiger partial charge in [-0.05, 0) is 0 Å². The van der Waals surface area contributed by atoms with Crippen molar-refractivity contribution in [2.45, 2.75) is 12.5 Å². The molecule has 17 heavy (non-hydrogen) atoms. The molecule has 0 saturated carbocycles. The minimum absolute atomic E-state index is 0.103. The first-order chi connectivity index (χ1) is 7.49. The van der Waals surface area contributed by atoms with Crippen LogP contribution in [0.3, 0.4) is 0 Å². The van der Waals surface area contributed by atoms with Gasteiger partial charge in [-0.1, -0.05) is 0 Å². The van der Waals surface area contributed by atoms with E-state index in [2.05, 4.69) is 5.32 Å². The highest BCUT2D eigenvalue weighted by Gasteiger charge is 2.18. The number of hydrogen-bond donors (Lipinski definition) is 2. The number of aliphatic hydroxyl groups is 1. The van der Waals surface area contributed by atoms with E-state index in [4.69, 9.17) is 0 Å². The summed E-state index contributed by atoms with van der Waals surface area (Å²) in [5.74, 6) is -1.10. The lowest BCUT2D eigenvalue weighted by atomic mass is 10.2. The summed E-state index contributed by atoms with van der Waals surface area (Å²) in [4.78, 5) is 11.3. The van der Waals surface area contributed by atoms with E-state index in [9.17, 15) is 22.9 Å². The molecule has 0 radical (unpaired) electrons. The Labute approximate surface area is 102 Å². The monoisotopic (exact) mass is 268 g/mol. The molecule has 102 valence electrons. The molecule has 0 spiro atoms. The number of nitrogens with one attached hydrogen (secondary N) is 1. The van der Waals surface area contributed by atoms with Gasteiger partial charge in [0.25, 0.3) is 0 Å². The molecule has 0 aromatic rings. The maximum Gasteiger partial charge on any atom is 0.222 e. The second-order valence-corrected chi connectivity index (χ2v) is 6.47. The van der Waals surface area contributed by atoms with E-state index in [1.165, 1.54) is 0 Å². The molecule has 7 nitrogen and oxygen atoms in total. The molecule has 1 amide bonds. The Morgan fingerprint density at radius 3 is 2.35 bits per heavy atom. The molecule has 0 unspecified atom stereocenters. The van der Waals surface area contributed by atoms with Crippen molar-refractivity contribution in [1.82, 2.24) is 5.32 Å². The number of nitrogens with zero attached hydrogens (tertiary/aromatic N) is 1. The Bertz CT molecular complexity index is 347. The Morgan fingerprint density at radius 2 is 1.94 bits per heavy atom. The molecule has 8 heteroatoms. The van der Waals surface area contributed by atoms with Gasteiger partial charge < -0.3 is 19.5 Å². The molecule has 0 aromatic carbocycles. The van der Waals surface area contributed by atoms with Crippen LogP contribution in [-0.4, -0.2) is 74.6 Å². The standard InChI is InChI=1S/C9H20N2O5S/c1-11(2,3)7-8(12)6-9(13)10-4-5-17(14,15)16/h8,12H,4-7H2,1-3H3,(H-,10,13,14,15,16)/t8-/m1/s1. The topological polar surface area (TPSA) is 107 Å². The number of aliphatic hydroxyl groups excluding tert-OH is 1. The molecule has 1 atom stereocenters. The van der Waals surface area contributed by atoms with E-state index in [0.717, 1.165) is 0 Å². The summed E-state index contributed by atoms with van der Waals surface area (Å²) in [5.41, 5.74) is 0. The smallest absolute Gasteiger partial charge is 0.222 e. The third-order valence-corrected chi connectivity index (χ3v) is 2.56. The fourth-order valence-corrected chi connectivity index (χ4v) is 1.65. The van der Waals surface area contributed by atoms with Crippen LogP contribution in [0.1, 0.15) is 6.42 Å². The second-order valence-electron chi connectivity index (χ2n) is 4.94. The van der Waals surface area contributed by atoms with Crippen LogP contribution in [0.4, 0.5) is 0 Å². The number of rotatable bonds is 7. The maximum absolute atomic E-state index is 11.3. The van der Waals surface area contributed by atoms with Crippen LogP contribution in [0.5, 0.6) is 0 Å². The van der Waals surface area contributed by atoms with Gasteiger partial charge in [-0.15, -0.1) is 0 Å². The highest BCUT2D eigenvalue weighted by atomic mass is 32.2. The highest BCUT2D eigenvalue weighted by Crippen LogP contribution is 1.99. The first-order valence-electron chi connectivity index (χ1n) is 5.18. The second kappa shape index (κ2) is 6.29. The Morgan fingerprint density at radius 1 is 1.41 bits per heavy atom. The summed E-state index contributed by atoms with van der Waals surface area (Å²) >= 11 is 0. The van der Waals surface area contributed by atoms with Gasteiger partial charge in [0.1, 0.15) is 12.6 Å². The normalized spacial score (nSPS) is 14.4. The Hall–Kier alpha value is -0.700. The first kappa shape index (κ1) is 16.3. The van der Waals surface area contributed by atoms with Crippen molar-refractivity contribution >= 4 is 16.0 Å². The molecule has 0 heterocycles. The summed E-state index contributed by atoms with van der Waals surface area (Å²) in [6, 6.07) is 0. The van der Waals surface area contributed by atoms with Gasteiger partial charge in [-0.2, -0.15) is 0 Å². The molecular formula is C9H20N2O5S. The molecule has 2 N–H and O–H groups in total. The maximum atomic E-state index is 11.3. The molecule has 0 aliphatic heterocycles. The minimum atomic E-state index is -4.31. The first-order valence-corrected chi connectivity index (χ1v) is 6.76. The Kier molecular flexibility index (Phi) is 6.03. The highest BCUT2D eigenvalue weighted by molar-refractivity contribution is 7.85. The Balaban J connectivity index is 3.87. The van der Waals surface area contributed by atoms with E-state index in [-0.39, 0.29) is 13.0 Å². The molecule has 0 aliphatic rings. The average molecular weight is 268 g/mol. The number of carbonyl (C=O) groups is 1. The summed E-state index contributed by atoms with van der Waals surface area (Å²) in [5, 5.41) is 11.8. The lowest BCUT2D eigenvalue weighted by molar-refractivity contribution is -0.873. The van der Waals surface area contributed by atoms with E-state index >= 15 is 0 Å². The molecule has 0 aromatic heterocycles. The van der Waals surface area contributed by atoms with Crippen LogP contribution in [0.15, 0.2) is 0 Å². The van der Waals surface area contributed by atoms with Gasteiger partial charge in [0.15, 0.2) is 0 Å². The molecule has 0 bridgehead atoms. The van der Waals surface area contributed by atoms with Crippen LogP contribution in [0.2, 0.25) is 0 Å². The van der Waals surface area contributed by atoms with E-state index in [0.29, 0.717) is 11.0 Å².